The number of benzene rings is 2. The van der Waals surface area contributed by atoms with Gasteiger partial charge in [-0.05, 0) is 48.4 Å². The Morgan fingerprint density at radius 3 is 2.55 bits per heavy atom. The van der Waals surface area contributed by atoms with Crippen LogP contribution < -0.4 is 14.2 Å². The highest BCUT2D eigenvalue weighted by Crippen LogP contribution is 2.35. The fourth-order valence-corrected chi connectivity index (χ4v) is 4.10. The number of rotatable bonds is 9. The zero-order chi connectivity index (χ0) is 22.4. The lowest BCUT2D eigenvalue weighted by Crippen LogP contribution is -2.27. The molecule has 0 atom stereocenters. The number of carbonyl (C=O) groups excluding carboxylic acids is 1. The number of aliphatic carboxylic acids is 1. The van der Waals surface area contributed by atoms with E-state index in [1.165, 1.54) is 11.8 Å². The van der Waals surface area contributed by atoms with Gasteiger partial charge in [-0.25, -0.2) is 4.79 Å². The highest BCUT2D eigenvalue weighted by atomic mass is 32.2. The molecule has 1 aliphatic heterocycles. The number of amides is 1. The molecule has 3 rings (SSSR count). The molecule has 0 radical (unpaired) electrons. The second-order valence-electron chi connectivity index (χ2n) is 6.44. The molecule has 1 heterocycles. The van der Waals surface area contributed by atoms with Gasteiger partial charge in [-0.15, -0.1) is 0 Å². The molecule has 0 unspecified atom stereocenters. The van der Waals surface area contributed by atoms with E-state index < -0.39 is 12.6 Å². The van der Waals surface area contributed by atoms with E-state index in [2.05, 4.69) is 0 Å². The van der Waals surface area contributed by atoms with E-state index in [-0.39, 0.29) is 5.91 Å². The molecule has 1 saturated heterocycles. The van der Waals surface area contributed by atoms with E-state index in [0.29, 0.717) is 33.9 Å². The molecule has 2 aromatic rings. The maximum absolute atomic E-state index is 12.9. The predicted molar refractivity (Wildman–Crippen MR) is 122 cm³/mol. The number of thioether (sulfide) groups is 1. The van der Waals surface area contributed by atoms with Crippen LogP contribution in [0.1, 0.15) is 18.1 Å². The normalized spacial score (nSPS) is 14.8. The minimum atomic E-state index is -1.08. The SMILES string of the molecule is CCOc1cc(/C=C2\SC(=S)N(Cc3ccc(OC)cc3)C2=O)ccc1OCC(=O)O. The summed E-state index contributed by atoms with van der Waals surface area (Å²) in [6, 6.07) is 12.5. The monoisotopic (exact) mass is 459 g/mol. The second-order valence-corrected chi connectivity index (χ2v) is 8.11. The molecule has 1 aliphatic rings. The van der Waals surface area contributed by atoms with Crippen molar-refractivity contribution in [3.63, 3.8) is 0 Å². The van der Waals surface area contributed by atoms with Crippen LogP contribution >= 0.6 is 24.0 Å². The average molecular weight is 460 g/mol. The molecule has 162 valence electrons. The van der Waals surface area contributed by atoms with Crippen molar-refractivity contribution < 1.29 is 28.9 Å². The number of thiocarbonyl (C=S) groups is 1. The molecule has 1 N–H and O–H groups in total. The molecular weight excluding hydrogens is 438 g/mol. The van der Waals surface area contributed by atoms with Crippen LogP contribution in [0.25, 0.3) is 6.08 Å². The number of methoxy groups -OCH3 is 1. The number of carbonyl (C=O) groups is 2. The molecule has 0 saturated carbocycles. The quantitative estimate of drug-likeness (QED) is 0.446. The highest BCUT2D eigenvalue weighted by Gasteiger charge is 2.32. The largest absolute Gasteiger partial charge is 0.497 e. The van der Waals surface area contributed by atoms with Crippen molar-refractivity contribution in [1.82, 2.24) is 4.90 Å². The van der Waals surface area contributed by atoms with Crippen molar-refractivity contribution in [3.05, 3.63) is 58.5 Å². The summed E-state index contributed by atoms with van der Waals surface area (Å²) in [5.74, 6) is 0.233. The first-order valence-corrected chi connectivity index (χ1v) is 10.6. The Bertz CT molecular complexity index is 1020. The lowest BCUT2D eigenvalue weighted by Gasteiger charge is -2.14. The topological polar surface area (TPSA) is 85.3 Å². The second kappa shape index (κ2) is 10.3. The number of nitrogens with zero attached hydrogens (tertiary/aromatic N) is 1. The van der Waals surface area contributed by atoms with Crippen LogP contribution in [0.3, 0.4) is 0 Å². The van der Waals surface area contributed by atoms with Gasteiger partial charge in [0, 0.05) is 0 Å². The van der Waals surface area contributed by atoms with Crippen LogP contribution in [-0.4, -0.2) is 46.5 Å². The van der Waals surface area contributed by atoms with Crippen LogP contribution in [0.5, 0.6) is 17.2 Å². The van der Waals surface area contributed by atoms with Gasteiger partial charge < -0.3 is 19.3 Å². The number of carboxylic acid groups (broad SMARTS) is 1. The lowest BCUT2D eigenvalue weighted by atomic mass is 10.1. The third kappa shape index (κ3) is 5.77. The number of ether oxygens (including phenoxy) is 3. The summed E-state index contributed by atoms with van der Waals surface area (Å²) in [6.07, 6.45) is 1.73. The standard InChI is InChI=1S/C22H21NO6S2/c1-3-28-18-10-15(6-9-17(18)29-13-20(24)25)11-19-21(26)23(22(30)31-19)12-14-4-7-16(27-2)8-5-14/h4-11H,3,12-13H2,1-2H3,(H,24,25)/b19-11-. The van der Waals surface area contributed by atoms with Crippen LogP contribution in [-0.2, 0) is 16.1 Å². The van der Waals surface area contributed by atoms with Crippen molar-refractivity contribution in [1.29, 1.82) is 0 Å². The third-order valence-corrected chi connectivity index (χ3v) is 5.67. The summed E-state index contributed by atoms with van der Waals surface area (Å²) in [5, 5.41) is 8.81. The Hall–Kier alpha value is -3.04. The maximum Gasteiger partial charge on any atom is 0.341 e. The first kappa shape index (κ1) is 22.6. The van der Waals surface area contributed by atoms with Gasteiger partial charge in [0.05, 0.1) is 25.2 Å². The van der Waals surface area contributed by atoms with Gasteiger partial charge in [0.15, 0.2) is 18.1 Å². The fraction of sp³-hybridized carbons (Fsp3) is 0.227. The van der Waals surface area contributed by atoms with Crippen LogP contribution in [0.2, 0.25) is 0 Å². The van der Waals surface area contributed by atoms with Gasteiger partial charge in [0.1, 0.15) is 10.1 Å². The van der Waals surface area contributed by atoms with E-state index in [1.54, 1.807) is 36.3 Å². The van der Waals surface area contributed by atoms with Crippen molar-refractivity contribution in [2.24, 2.45) is 0 Å². The van der Waals surface area contributed by atoms with Gasteiger partial charge in [-0.2, -0.15) is 0 Å². The first-order valence-electron chi connectivity index (χ1n) is 9.41. The molecule has 7 nitrogen and oxygen atoms in total. The van der Waals surface area contributed by atoms with Gasteiger partial charge in [0.2, 0.25) is 0 Å². The lowest BCUT2D eigenvalue weighted by molar-refractivity contribution is -0.139. The van der Waals surface area contributed by atoms with E-state index in [0.717, 1.165) is 16.9 Å². The van der Waals surface area contributed by atoms with Crippen molar-refractivity contribution >= 4 is 46.3 Å². The third-order valence-electron chi connectivity index (χ3n) is 4.29. The van der Waals surface area contributed by atoms with Gasteiger partial charge >= 0.3 is 5.97 Å². The molecule has 1 amide bonds. The molecule has 2 aromatic carbocycles. The summed E-state index contributed by atoms with van der Waals surface area (Å²) in [6.45, 7) is 2.11. The van der Waals surface area contributed by atoms with Crippen molar-refractivity contribution in [2.45, 2.75) is 13.5 Å². The Kier molecular flexibility index (Phi) is 7.54. The first-order chi connectivity index (χ1) is 14.9. The van der Waals surface area contributed by atoms with E-state index >= 15 is 0 Å². The number of hydrogen-bond acceptors (Lipinski definition) is 7. The zero-order valence-corrected chi connectivity index (χ0v) is 18.6. The molecule has 1 fully saturated rings. The summed E-state index contributed by atoms with van der Waals surface area (Å²) in [5.41, 5.74) is 1.66. The van der Waals surface area contributed by atoms with Crippen LogP contribution in [0, 0.1) is 0 Å². The van der Waals surface area contributed by atoms with Gasteiger partial charge in [0.25, 0.3) is 5.91 Å². The van der Waals surface area contributed by atoms with Gasteiger partial charge in [-0.3, -0.25) is 9.69 Å². The molecule has 0 bridgehead atoms. The maximum atomic E-state index is 12.9. The van der Waals surface area contributed by atoms with Crippen molar-refractivity contribution in [3.8, 4) is 17.2 Å². The fourth-order valence-electron chi connectivity index (χ4n) is 2.84. The molecule has 9 heteroatoms. The van der Waals surface area contributed by atoms with E-state index in [9.17, 15) is 9.59 Å². The Morgan fingerprint density at radius 2 is 1.90 bits per heavy atom. The van der Waals surface area contributed by atoms with Crippen LogP contribution in [0.15, 0.2) is 47.4 Å². The smallest absolute Gasteiger partial charge is 0.341 e. The Balaban J connectivity index is 1.77. The Morgan fingerprint density at radius 1 is 1.16 bits per heavy atom. The summed E-state index contributed by atoms with van der Waals surface area (Å²) < 4.78 is 16.5. The number of carboxylic acids is 1. The van der Waals surface area contributed by atoms with E-state index in [1.807, 2.05) is 31.2 Å². The Labute approximate surface area is 189 Å². The van der Waals surface area contributed by atoms with Gasteiger partial charge in [-0.1, -0.05) is 42.2 Å². The van der Waals surface area contributed by atoms with Crippen molar-refractivity contribution in [2.75, 3.05) is 20.3 Å². The molecule has 0 spiro atoms. The molecule has 0 aromatic heterocycles. The molecule has 0 aliphatic carbocycles. The summed E-state index contributed by atoms with van der Waals surface area (Å²) in [7, 11) is 1.60. The number of hydrogen-bond donors (Lipinski definition) is 1. The van der Waals surface area contributed by atoms with E-state index in [4.69, 9.17) is 31.5 Å². The molecular formula is C22H21NO6S2. The minimum absolute atomic E-state index is 0.171. The summed E-state index contributed by atoms with van der Waals surface area (Å²) >= 11 is 6.64. The average Bonchev–Trinajstić information content (AvgIpc) is 3.01. The molecule has 31 heavy (non-hydrogen) atoms. The van der Waals surface area contributed by atoms with Crippen LogP contribution in [0.4, 0.5) is 0 Å². The summed E-state index contributed by atoms with van der Waals surface area (Å²) in [4.78, 5) is 25.7. The zero-order valence-electron chi connectivity index (χ0n) is 17.0. The highest BCUT2D eigenvalue weighted by molar-refractivity contribution is 8.26. The minimum Gasteiger partial charge on any atom is -0.497 e. The predicted octanol–water partition coefficient (Wildman–Crippen LogP) is 3.96.